The normalized spacial score (nSPS) is 20.4. The van der Waals surface area contributed by atoms with Crippen molar-refractivity contribution < 1.29 is 23.5 Å². The van der Waals surface area contributed by atoms with Gasteiger partial charge >= 0.3 is 6.09 Å². The van der Waals surface area contributed by atoms with Gasteiger partial charge in [-0.3, -0.25) is 10.1 Å². The molecule has 3 N–H and O–H groups in total. The average molecular weight is 637 g/mol. The van der Waals surface area contributed by atoms with E-state index in [1.807, 2.05) is 40.8 Å². The lowest BCUT2D eigenvalue weighted by atomic mass is 10.0. The van der Waals surface area contributed by atoms with Crippen molar-refractivity contribution in [1.82, 2.24) is 19.0 Å². The van der Waals surface area contributed by atoms with Gasteiger partial charge in [-0.25, -0.2) is 14.2 Å². The molecule has 3 unspecified atom stereocenters. The smallest absolute Gasteiger partial charge is 0.411 e. The topological polar surface area (TPSA) is 117 Å². The number of piperidine rings is 1. The first-order chi connectivity index (χ1) is 22.7. The molecule has 2 amide bonds. The summed E-state index contributed by atoms with van der Waals surface area (Å²) in [4.78, 5) is 32.4. The third kappa shape index (κ3) is 4.91. The molecule has 3 fully saturated rings. The minimum atomic E-state index is -0.728. The van der Waals surface area contributed by atoms with Crippen LogP contribution in [0.3, 0.4) is 0 Å². The molecule has 3 aromatic carbocycles. The van der Waals surface area contributed by atoms with Crippen LogP contribution in [0.25, 0.3) is 44.6 Å². The van der Waals surface area contributed by atoms with Gasteiger partial charge in [-0.05, 0) is 85.0 Å². The number of nitrogens with zero attached hydrogens (tertiary/aromatic N) is 4. The number of methoxy groups -OCH3 is 2. The molecule has 0 radical (unpaired) electrons. The third-order valence-electron chi connectivity index (χ3n) is 10.3. The maximum absolute atomic E-state index is 14.9. The zero-order valence-electron chi connectivity index (χ0n) is 26.6. The van der Waals surface area contributed by atoms with Gasteiger partial charge in [-0.1, -0.05) is 18.2 Å². The lowest BCUT2D eigenvalue weighted by Gasteiger charge is -2.27. The zero-order valence-corrected chi connectivity index (χ0v) is 26.6. The Labute approximate surface area is 271 Å². The van der Waals surface area contributed by atoms with Gasteiger partial charge in [0.1, 0.15) is 17.1 Å². The summed E-state index contributed by atoms with van der Waals surface area (Å²) in [6.45, 7) is 1.53. The fraction of sp³-hybridized carbons (Fsp3) is 0.361. The van der Waals surface area contributed by atoms with E-state index in [2.05, 4.69) is 26.8 Å². The minimum absolute atomic E-state index is 0.0269. The molecule has 2 aliphatic carbocycles. The van der Waals surface area contributed by atoms with Crippen molar-refractivity contribution in [3.63, 3.8) is 0 Å². The van der Waals surface area contributed by atoms with Crippen molar-refractivity contribution in [3.8, 4) is 28.4 Å². The summed E-state index contributed by atoms with van der Waals surface area (Å²) in [5.41, 5.74) is 12.1. The second-order valence-electron chi connectivity index (χ2n) is 13.1. The molecular weight excluding hydrogens is 599 g/mol. The first-order valence-corrected chi connectivity index (χ1v) is 16.1. The second kappa shape index (κ2) is 11.1. The molecule has 47 heavy (non-hydrogen) atoms. The van der Waals surface area contributed by atoms with Gasteiger partial charge in [0.25, 0.3) is 5.91 Å². The molecular formula is C36H37FN6O4. The van der Waals surface area contributed by atoms with Crippen molar-refractivity contribution in [1.29, 1.82) is 0 Å². The molecule has 8 rings (SSSR count). The Balaban J connectivity index is 1.20. The Morgan fingerprint density at radius 1 is 1.02 bits per heavy atom. The predicted octanol–water partition coefficient (Wildman–Crippen LogP) is 6.16. The standard InChI is InChI=1S/C36H37FN6O4/c1-41-33-27(13-24(16-31(33)46-2)35(44)43-18-23-9-11-28(43)32(23)38)39-34(41)30-15-22-7-6-21(14-29(22)42(30)17-19-4-5-19)20-8-10-26(25(37)12-20)40-36(45)47-3/h6-8,10,12-16,19,23,28,32H,4-5,9,11,17-18,38H2,1-3H3,(H,40,45). The van der Waals surface area contributed by atoms with Crippen LogP contribution < -0.4 is 15.8 Å². The number of aryl methyl sites for hydroxylation is 1. The highest BCUT2D eigenvalue weighted by atomic mass is 19.1. The van der Waals surface area contributed by atoms with Gasteiger partial charge in [0.2, 0.25) is 0 Å². The van der Waals surface area contributed by atoms with Crippen LogP contribution in [0.4, 0.5) is 14.9 Å². The predicted molar refractivity (Wildman–Crippen MR) is 178 cm³/mol. The highest BCUT2D eigenvalue weighted by Crippen LogP contribution is 2.41. The molecule has 0 spiro atoms. The number of likely N-dealkylation sites (tertiary alicyclic amines) is 1. The highest BCUT2D eigenvalue weighted by Gasteiger charge is 2.47. The number of ether oxygens (including phenoxy) is 2. The molecule has 1 saturated heterocycles. The Morgan fingerprint density at radius 2 is 1.81 bits per heavy atom. The Hall–Kier alpha value is -4.90. The summed E-state index contributed by atoms with van der Waals surface area (Å²) in [6.07, 6.45) is 3.64. The average Bonchev–Trinajstić information content (AvgIpc) is 3.48. The SMILES string of the molecule is COC(=O)Nc1ccc(-c2ccc3cc(-c4nc5cc(C(=O)N6CC7CCC6C7N)cc(OC)c5n4C)n(CC4CC4)c3c2)cc1F. The molecule has 242 valence electrons. The molecule has 2 saturated carbocycles. The Kier molecular flexibility index (Phi) is 6.98. The van der Waals surface area contributed by atoms with Gasteiger partial charge in [-0.15, -0.1) is 0 Å². The number of aromatic nitrogens is 3. The van der Waals surface area contributed by atoms with Crippen LogP contribution in [0.2, 0.25) is 0 Å². The van der Waals surface area contributed by atoms with Crippen molar-refractivity contribution in [3.05, 3.63) is 66.0 Å². The van der Waals surface area contributed by atoms with Crippen molar-refractivity contribution in [2.75, 3.05) is 26.1 Å². The molecule has 2 aromatic heterocycles. The van der Waals surface area contributed by atoms with E-state index in [4.69, 9.17) is 15.5 Å². The molecule has 1 aliphatic heterocycles. The van der Waals surface area contributed by atoms with Crippen molar-refractivity contribution in [2.24, 2.45) is 24.6 Å². The summed E-state index contributed by atoms with van der Waals surface area (Å²) in [5.74, 6) is 1.74. The number of anilines is 1. The molecule has 11 heteroatoms. The summed E-state index contributed by atoms with van der Waals surface area (Å²) < 4.78 is 29.7. The number of nitrogens with two attached hydrogens (primary N) is 1. The third-order valence-corrected chi connectivity index (χ3v) is 10.3. The fourth-order valence-electron chi connectivity index (χ4n) is 7.60. The quantitative estimate of drug-likeness (QED) is 0.221. The van der Waals surface area contributed by atoms with E-state index in [0.717, 1.165) is 52.9 Å². The van der Waals surface area contributed by atoms with Crippen molar-refractivity contribution >= 4 is 39.6 Å². The molecule has 10 nitrogen and oxygen atoms in total. The number of halogens is 1. The fourth-order valence-corrected chi connectivity index (χ4v) is 7.60. The van der Waals surface area contributed by atoms with E-state index in [1.54, 1.807) is 13.2 Å². The van der Waals surface area contributed by atoms with Gasteiger partial charge in [0.15, 0.2) is 5.82 Å². The van der Waals surface area contributed by atoms with Gasteiger partial charge < -0.3 is 29.2 Å². The summed E-state index contributed by atoms with van der Waals surface area (Å²) >= 11 is 0. The number of carbonyl (C=O) groups is 2. The zero-order chi connectivity index (χ0) is 32.6. The van der Waals surface area contributed by atoms with Crippen LogP contribution in [0.5, 0.6) is 5.75 Å². The largest absolute Gasteiger partial charge is 0.494 e. The van der Waals surface area contributed by atoms with Crippen LogP contribution in [-0.2, 0) is 18.3 Å². The van der Waals surface area contributed by atoms with Crippen LogP contribution in [0.15, 0.2) is 54.6 Å². The first kappa shape index (κ1) is 29.5. The monoisotopic (exact) mass is 636 g/mol. The van der Waals surface area contributed by atoms with Gasteiger partial charge in [0, 0.05) is 48.7 Å². The number of hydrogen-bond acceptors (Lipinski definition) is 6. The molecule has 3 atom stereocenters. The van der Waals surface area contributed by atoms with Crippen molar-refractivity contribution in [2.45, 2.75) is 44.3 Å². The maximum atomic E-state index is 14.9. The lowest BCUT2D eigenvalue weighted by molar-refractivity contribution is 0.0700. The molecule has 3 heterocycles. The number of amides is 2. The van der Waals surface area contributed by atoms with Crippen LogP contribution in [0.1, 0.15) is 36.0 Å². The van der Waals surface area contributed by atoms with E-state index in [0.29, 0.717) is 40.8 Å². The minimum Gasteiger partial charge on any atom is -0.494 e. The van der Waals surface area contributed by atoms with Crippen LogP contribution >= 0.6 is 0 Å². The van der Waals surface area contributed by atoms with Gasteiger partial charge in [-0.2, -0.15) is 0 Å². The number of imidazole rings is 1. The van der Waals surface area contributed by atoms with E-state index < -0.39 is 11.9 Å². The van der Waals surface area contributed by atoms with Crippen LogP contribution in [-0.4, -0.2) is 63.9 Å². The van der Waals surface area contributed by atoms with E-state index in [-0.39, 0.29) is 23.7 Å². The number of rotatable bonds is 7. The highest BCUT2D eigenvalue weighted by molar-refractivity contribution is 6.01. The molecule has 3 aliphatic rings. The summed E-state index contributed by atoms with van der Waals surface area (Å²) in [5, 5.41) is 3.44. The molecule has 5 aromatic rings. The number of nitrogens with one attached hydrogen (secondary N) is 1. The number of benzene rings is 3. The summed E-state index contributed by atoms with van der Waals surface area (Å²) in [6, 6.07) is 16.8. The van der Waals surface area contributed by atoms with Gasteiger partial charge in [0.05, 0.1) is 31.1 Å². The molecule has 2 bridgehead atoms. The number of hydrogen-bond donors (Lipinski definition) is 2. The Bertz CT molecular complexity index is 2080. The maximum Gasteiger partial charge on any atom is 0.411 e. The second-order valence-corrected chi connectivity index (χ2v) is 13.1. The first-order valence-electron chi connectivity index (χ1n) is 16.1. The van der Waals surface area contributed by atoms with E-state index in [9.17, 15) is 14.0 Å². The van der Waals surface area contributed by atoms with E-state index in [1.165, 1.54) is 32.1 Å². The summed E-state index contributed by atoms with van der Waals surface area (Å²) in [7, 11) is 4.83. The van der Waals surface area contributed by atoms with E-state index >= 15 is 0 Å². The number of carbonyl (C=O) groups excluding carboxylic acids is 2. The lowest BCUT2D eigenvalue weighted by Crippen LogP contribution is -2.41. The number of fused-ring (bicyclic) bond motifs is 4. The van der Waals surface area contributed by atoms with Crippen LogP contribution in [0, 0.1) is 17.7 Å². The Morgan fingerprint density at radius 3 is 2.49 bits per heavy atom.